The number of carbonyl (C=O) groups is 2. The van der Waals surface area contributed by atoms with E-state index in [4.69, 9.17) is 0 Å². The van der Waals surface area contributed by atoms with Gasteiger partial charge in [0.1, 0.15) is 5.82 Å². The van der Waals surface area contributed by atoms with Crippen LogP contribution in [-0.2, 0) is 11.2 Å². The van der Waals surface area contributed by atoms with E-state index in [1.54, 1.807) is 36.5 Å². The van der Waals surface area contributed by atoms with Crippen molar-refractivity contribution in [3.05, 3.63) is 65.6 Å². The highest BCUT2D eigenvalue weighted by molar-refractivity contribution is 5.97. The molecule has 0 unspecified atom stereocenters. The van der Waals surface area contributed by atoms with Gasteiger partial charge in [-0.25, -0.2) is 4.39 Å². The number of carbonyl (C=O) groups excluding carboxylic acids is 2. The molecule has 5 heteroatoms. The molecule has 2 N–H and O–H groups in total. The minimum Gasteiger partial charge on any atom is -0.361 e. The molecule has 1 heterocycles. The number of amides is 1. The molecule has 23 heavy (non-hydrogen) atoms. The Morgan fingerprint density at radius 3 is 2.57 bits per heavy atom. The van der Waals surface area contributed by atoms with Gasteiger partial charge in [0.05, 0.1) is 6.42 Å². The summed E-state index contributed by atoms with van der Waals surface area (Å²) in [6.07, 6.45) is 1.85. The first-order chi connectivity index (χ1) is 11.0. The Labute approximate surface area is 132 Å². The van der Waals surface area contributed by atoms with E-state index in [0.29, 0.717) is 16.6 Å². The van der Waals surface area contributed by atoms with Crippen LogP contribution in [0, 0.1) is 5.82 Å². The molecule has 0 aliphatic heterocycles. The summed E-state index contributed by atoms with van der Waals surface area (Å²) in [5, 5.41) is 3.47. The van der Waals surface area contributed by atoms with Crippen LogP contribution in [0.2, 0.25) is 0 Å². The van der Waals surface area contributed by atoms with Crippen molar-refractivity contribution in [1.82, 2.24) is 4.98 Å². The van der Waals surface area contributed by atoms with Gasteiger partial charge in [-0.15, -0.1) is 0 Å². The number of ketones is 1. The second-order valence-corrected chi connectivity index (χ2v) is 5.36. The Kier molecular flexibility index (Phi) is 3.93. The van der Waals surface area contributed by atoms with Crippen molar-refractivity contribution in [2.24, 2.45) is 0 Å². The van der Waals surface area contributed by atoms with Crippen LogP contribution in [0.3, 0.4) is 0 Å². The Balaban J connectivity index is 1.73. The second kappa shape index (κ2) is 6.04. The highest BCUT2D eigenvalue weighted by Gasteiger charge is 2.10. The van der Waals surface area contributed by atoms with Crippen LogP contribution in [0.5, 0.6) is 0 Å². The molecule has 4 nitrogen and oxygen atoms in total. The van der Waals surface area contributed by atoms with Crippen molar-refractivity contribution in [2.75, 3.05) is 5.32 Å². The van der Waals surface area contributed by atoms with E-state index in [1.165, 1.54) is 19.1 Å². The fraction of sp³-hybridized carbons (Fsp3) is 0.111. The van der Waals surface area contributed by atoms with E-state index in [0.717, 1.165) is 11.1 Å². The normalized spacial score (nSPS) is 10.7. The minimum atomic E-state index is -0.335. The number of benzene rings is 2. The number of halogens is 1. The van der Waals surface area contributed by atoms with Crippen LogP contribution in [0.1, 0.15) is 22.8 Å². The zero-order chi connectivity index (χ0) is 16.4. The van der Waals surface area contributed by atoms with Gasteiger partial charge in [0.15, 0.2) is 5.78 Å². The quantitative estimate of drug-likeness (QED) is 0.722. The maximum absolute atomic E-state index is 13.3. The van der Waals surface area contributed by atoms with E-state index < -0.39 is 0 Å². The number of hydrogen-bond acceptors (Lipinski definition) is 2. The molecular formula is C18H15FN2O2. The van der Waals surface area contributed by atoms with Crippen molar-refractivity contribution in [3.63, 3.8) is 0 Å². The number of aromatic amines is 1. The maximum atomic E-state index is 13.3. The topological polar surface area (TPSA) is 62.0 Å². The molecular weight excluding hydrogens is 295 g/mol. The smallest absolute Gasteiger partial charge is 0.228 e. The van der Waals surface area contributed by atoms with Gasteiger partial charge in [0, 0.05) is 28.4 Å². The molecule has 0 saturated heterocycles. The van der Waals surface area contributed by atoms with Crippen molar-refractivity contribution < 1.29 is 14.0 Å². The van der Waals surface area contributed by atoms with E-state index in [9.17, 15) is 14.0 Å². The zero-order valence-corrected chi connectivity index (χ0v) is 12.5. The van der Waals surface area contributed by atoms with Gasteiger partial charge in [-0.05, 0) is 55.0 Å². The number of fused-ring (bicyclic) bond motifs is 1. The molecule has 0 fully saturated rings. The van der Waals surface area contributed by atoms with Crippen molar-refractivity contribution >= 4 is 28.3 Å². The van der Waals surface area contributed by atoms with Crippen molar-refractivity contribution in [2.45, 2.75) is 13.3 Å². The van der Waals surface area contributed by atoms with Crippen LogP contribution >= 0.6 is 0 Å². The molecule has 3 rings (SSSR count). The zero-order valence-electron chi connectivity index (χ0n) is 12.5. The molecule has 1 amide bonds. The Morgan fingerprint density at radius 1 is 1.13 bits per heavy atom. The van der Waals surface area contributed by atoms with Gasteiger partial charge < -0.3 is 10.3 Å². The SMILES string of the molecule is CC(=O)c1ccc(NC(=O)Cc2c[nH]c3ccc(F)cc23)cc1. The molecule has 0 aliphatic carbocycles. The number of Topliss-reactive ketones (excluding diaryl/α,β-unsaturated/α-hetero) is 1. The van der Waals surface area contributed by atoms with E-state index in [2.05, 4.69) is 10.3 Å². The number of aromatic nitrogens is 1. The van der Waals surface area contributed by atoms with E-state index >= 15 is 0 Å². The van der Waals surface area contributed by atoms with Gasteiger partial charge >= 0.3 is 0 Å². The lowest BCUT2D eigenvalue weighted by Crippen LogP contribution is -2.14. The molecule has 3 aromatic rings. The summed E-state index contributed by atoms with van der Waals surface area (Å²) >= 11 is 0. The highest BCUT2D eigenvalue weighted by Crippen LogP contribution is 2.20. The molecule has 116 valence electrons. The van der Waals surface area contributed by atoms with Crippen molar-refractivity contribution in [1.29, 1.82) is 0 Å². The third-order valence-electron chi connectivity index (χ3n) is 3.66. The van der Waals surface area contributed by atoms with Crippen LogP contribution in [-0.4, -0.2) is 16.7 Å². The standard InChI is InChI=1S/C18H15FN2O2/c1-11(22)12-2-5-15(6-3-12)21-18(23)8-13-10-20-17-7-4-14(19)9-16(13)17/h2-7,9-10,20H,8H2,1H3,(H,21,23). The molecule has 2 aromatic carbocycles. The van der Waals surface area contributed by atoms with Gasteiger partial charge in [0.25, 0.3) is 0 Å². The van der Waals surface area contributed by atoms with Gasteiger partial charge in [-0.1, -0.05) is 0 Å². The molecule has 0 radical (unpaired) electrons. The second-order valence-electron chi connectivity index (χ2n) is 5.36. The number of nitrogens with one attached hydrogen (secondary N) is 2. The minimum absolute atomic E-state index is 0.0244. The largest absolute Gasteiger partial charge is 0.361 e. The van der Waals surface area contributed by atoms with Gasteiger partial charge in [-0.2, -0.15) is 0 Å². The first-order valence-electron chi connectivity index (χ1n) is 7.19. The predicted molar refractivity (Wildman–Crippen MR) is 87.0 cm³/mol. The summed E-state index contributed by atoms with van der Waals surface area (Å²) in [6, 6.07) is 11.1. The van der Waals surface area contributed by atoms with Crippen LogP contribution in [0.25, 0.3) is 10.9 Å². The number of H-pyrrole nitrogens is 1. The summed E-state index contributed by atoms with van der Waals surface area (Å²) < 4.78 is 13.3. The lowest BCUT2D eigenvalue weighted by atomic mass is 10.1. The summed E-state index contributed by atoms with van der Waals surface area (Å²) in [7, 11) is 0. The summed E-state index contributed by atoms with van der Waals surface area (Å²) in [6.45, 7) is 1.49. The summed E-state index contributed by atoms with van der Waals surface area (Å²) in [5.41, 5.74) is 2.73. The van der Waals surface area contributed by atoms with Crippen LogP contribution in [0.15, 0.2) is 48.7 Å². The molecule has 0 atom stereocenters. The fourth-order valence-electron chi connectivity index (χ4n) is 2.46. The highest BCUT2D eigenvalue weighted by atomic mass is 19.1. The molecule has 0 saturated carbocycles. The van der Waals surface area contributed by atoms with Crippen molar-refractivity contribution in [3.8, 4) is 0 Å². The molecule has 0 spiro atoms. The third kappa shape index (κ3) is 3.29. The van der Waals surface area contributed by atoms with E-state index in [-0.39, 0.29) is 23.9 Å². The first kappa shape index (κ1) is 15.0. The van der Waals surface area contributed by atoms with Crippen LogP contribution in [0.4, 0.5) is 10.1 Å². The third-order valence-corrected chi connectivity index (χ3v) is 3.66. The van der Waals surface area contributed by atoms with E-state index in [1.807, 2.05) is 0 Å². The molecule has 1 aromatic heterocycles. The Bertz CT molecular complexity index is 882. The fourth-order valence-corrected chi connectivity index (χ4v) is 2.46. The summed E-state index contributed by atoms with van der Waals surface area (Å²) in [5.74, 6) is -0.562. The lowest BCUT2D eigenvalue weighted by Gasteiger charge is -2.05. The number of rotatable bonds is 4. The number of hydrogen-bond donors (Lipinski definition) is 2. The molecule has 0 aliphatic rings. The Hall–Kier alpha value is -2.95. The lowest BCUT2D eigenvalue weighted by molar-refractivity contribution is -0.115. The average Bonchev–Trinajstić information content (AvgIpc) is 2.90. The van der Waals surface area contributed by atoms with Gasteiger partial charge in [-0.3, -0.25) is 9.59 Å². The number of anilines is 1. The maximum Gasteiger partial charge on any atom is 0.228 e. The summed E-state index contributed by atoms with van der Waals surface area (Å²) in [4.78, 5) is 26.4. The molecule has 0 bridgehead atoms. The Morgan fingerprint density at radius 2 is 1.87 bits per heavy atom. The monoisotopic (exact) mass is 310 g/mol. The predicted octanol–water partition coefficient (Wildman–Crippen LogP) is 3.69. The van der Waals surface area contributed by atoms with Gasteiger partial charge in [0.2, 0.25) is 5.91 Å². The first-order valence-corrected chi connectivity index (χ1v) is 7.19. The van der Waals surface area contributed by atoms with Crippen LogP contribution < -0.4 is 5.32 Å². The average molecular weight is 310 g/mol.